The zero-order valence-electron chi connectivity index (χ0n) is 11.9. The van der Waals surface area contributed by atoms with Crippen LogP contribution in [0.15, 0.2) is 18.3 Å². The molecule has 0 bridgehead atoms. The van der Waals surface area contributed by atoms with Gasteiger partial charge in [0.15, 0.2) is 0 Å². The topological polar surface area (TPSA) is 52.0 Å². The number of nitriles is 1. The van der Waals surface area contributed by atoms with Crippen LogP contribution in [0.4, 0.5) is 0 Å². The summed E-state index contributed by atoms with van der Waals surface area (Å²) >= 11 is 0. The lowest BCUT2D eigenvalue weighted by atomic mass is 9.74. The van der Waals surface area contributed by atoms with Crippen LogP contribution < -0.4 is 5.32 Å². The monoisotopic (exact) mass is 270 g/mol. The summed E-state index contributed by atoms with van der Waals surface area (Å²) in [5.41, 5.74) is 2.11. The Morgan fingerprint density at radius 1 is 1.40 bits per heavy atom. The lowest BCUT2D eigenvalue weighted by Gasteiger charge is -2.45. The van der Waals surface area contributed by atoms with Crippen molar-refractivity contribution in [2.45, 2.75) is 32.2 Å². The molecule has 0 aromatic carbocycles. The molecule has 1 N–H and O–H groups in total. The van der Waals surface area contributed by atoms with Gasteiger partial charge in [-0.2, -0.15) is 5.26 Å². The number of piperidine rings is 2. The van der Waals surface area contributed by atoms with E-state index in [1.165, 1.54) is 32.2 Å². The summed E-state index contributed by atoms with van der Waals surface area (Å²) in [6.07, 6.45) is 6.95. The Morgan fingerprint density at radius 2 is 2.30 bits per heavy atom. The van der Waals surface area contributed by atoms with Crippen molar-refractivity contribution < 1.29 is 0 Å². The van der Waals surface area contributed by atoms with Gasteiger partial charge in [0.25, 0.3) is 0 Å². The zero-order valence-corrected chi connectivity index (χ0v) is 11.9. The smallest absolute Gasteiger partial charge is 0.144 e. The average molecular weight is 270 g/mol. The summed E-state index contributed by atoms with van der Waals surface area (Å²) < 4.78 is 0. The molecule has 1 atom stereocenters. The van der Waals surface area contributed by atoms with Gasteiger partial charge >= 0.3 is 0 Å². The van der Waals surface area contributed by atoms with Gasteiger partial charge in [-0.1, -0.05) is 6.07 Å². The summed E-state index contributed by atoms with van der Waals surface area (Å²) in [6.45, 7) is 5.48. The summed E-state index contributed by atoms with van der Waals surface area (Å²) in [7, 11) is 0. The molecule has 2 saturated heterocycles. The SMILES string of the molecule is N#Cc1ncccc1CN1CCCC2(CCCNC2)C1. The van der Waals surface area contributed by atoms with E-state index in [0.29, 0.717) is 11.1 Å². The van der Waals surface area contributed by atoms with E-state index in [0.717, 1.165) is 31.7 Å². The van der Waals surface area contributed by atoms with Crippen molar-refractivity contribution >= 4 is 0 Å². The van der Waals surface area contributed by atoms with Crippen LogP contribution in [0.2, 0.25) is 0 Å². The van der Waals surface area contributed by atoms with Gasteiger partial charge in [0.2, 0.25) is 0 Å². The van der Waals surface area contributed by atoms with Crippen LogP contribution in [0.3, 0.4) is 0 Å². The van der Waals surface area contributed by atoms with Gasteiger partial charge in [-0.3, -0.25) is 4.90 Å². The van der Waals surface area contributed by atoms with Crippen molar-refractivity contribution in [1.82, 2.24) is 15.2 Å². The molecule has 1 spiro atoms. The summed E-state index contributed by atoms with van der Waals surface area (Å²) in [4.78, 5) is 6.67. The zero-order chi connectivity index (χ0) is 13.8. The largest absolute Gasteiger partial charge is 0.316 e. The number of rotatable bonds is 2. The Bertz CT molecular complexity index is 494. The second-order valence-electron chi connectivity index (χ2n) is 6.22. The van der Waals surface area contributed by atoms with E-state index < -0.39 is 0 Å². The predicted octanol–water partition coefficient (Wildman–Crippen LogP) is 1.92. The third-order valence-electron chi connectivity index (χ3n) is 4.69. The van der Waals surface area contributed by atoms with Gasteiger partial charge in [-0.25, -0.2) is 4.98 Å². The Morgan fingerprint density at radius 3 is 3.10 bits per heavy atom. The van der Waals surface area contributed by atoms with E-state index in [9.17, 15) is 0 Å². The first-order chi connectivity index (χ1) is 9.81. The van der Waals surface area contributed by atoms with Crippen LogP contribution in [-0.4, -0.2) is 36.1 Å². The maximum atomic E-state index is 9.15. The van der Waals surface area contributed by atoms with Gasteiger partial charge in [-0.05, 0) is 50.3 Å². The van der Waals surface area contributed by atoms with E-state index in [2.05, 4.69) is 21.3 Å². The van der Waals surface area contributed by atoms with Gasteiger partial charge in [0.1, 0.15) is 11.8 Å². The lowest BCUT2D eigenvalue weighted by Crippen LogP contribution is -2.50. The molecule has 0 amide bonds. The Kier molecular flexibility index (Phi) is 4.00. The average Bonchev–Trinajstić information content (AvgIpc) is 2.49. The molecule has 3 rings (SSSR count). The molecule has 4 heteroatoms. The number of pyridine rings is 1. The molecule has 2 aliphatic heterocycles. The van der Waals surface area contributed by atoms with Crippen LogP contribution in [0, 0.1) is 16.7 Å². The van der Waals surface area contributed by atoms with Gasteiger partial charge in [0, 0.05) is 31.4 Å². The summed E-state index contributed by atoms with van der Waals surface area (Å²) in [5, 5.41) is 12.7. The molecule has 4 nitrogen and oxygen atoms in total. The second kappa shape index (κ2) is 5.90. The first kappa shape index (κ1) is 13.5. The normalized spacial score (nSPS) is 27.4. The number of likely N-dealkylation sites (tertiary alicyclic amines) is 1. The number of hydrogen-bond donors (Lipinski definition) is 1. The van der Waals surface area contributed by atoms with Crippen molar-refractivity contribution in [1.29, 1.82) is 5.26 Å². The molecule has 0 radical (unpaired) electrons. The van der Waals surface area contributed by atoms with Crippen molar-refractivity contribution in [2.24, 2.45) is 5.41 Å². The van der Waals surface area contributed by atoms with Crippen LogP contribution in [-0.2, 0) is 6.54 Å². The van der Waals surface area contributed by atoms with Gasteiger partial charge in [0.05, 0.1) is 0 Å². The Labute approximate surface area is 120 Å². The first-order valence-corrected chi connectivity index (χ1v) is 7.58. The van der Waals surface area contributed by atoms with Crippen molar-refractivity contribution in [3.05, 3.63) is 29.6 Å². The van der Waals surface area contributed by atoms with Crippen molar-refractivity contribution in [3.63, 3.8) is 0 Å². The highest BCUT2D eigenvalue weighted by molar-refractivity contribution is 5.30. The lowest BCUT2D eigenvalue weighted by molar-refractivity contribution is 0.0599. The molecule has 3 heterocycles. The summed E-state index contributed by atoms with van der Waals surface area (Å²) in [6, 6.07) is 6.17. The highest BCUT2D eigenvalue weighted by Crippen LogP contribution is 2.36. The van der Waals surface area contributed by atoms with Crippen LogP contribution in [0.1, 0.15) is 36.9 Å². The molecular formula is C16H22N4. The van der Waals surface area contributed by atoms with E-state index in [1.54, 1.807) is 6.20 Å². The van der Waals surface area contributed by atoms with Crippen LogP contribution >= 0.6 is 0 Å². The molecule has 1 aromatic rings. The van der Waals surface area contributed by atoms with E-state index in [1.807, 2.05) is 12.1 Å². The predicted molar refractivity (Wildman–Crippen MR) is 78.0 cm³/mol. The van der Waals surface area contributed by atoms with Crippen LogP contribution in [0.5, 0.6) is 0 Å². The number of nitrogens with one attached hydrogen (secondary N) is 1. The minimum Gasteiger partial charge on any atom is -0.316 e. The Balaban J connectivity index is 1.70. The van der Waals surface area contributed by atoms with Crippen LogP contribution in [0.25, 0.3) is 0 Å². The molecule has 1 aromatic heterocycles. The van der Waals surface area contributed by atoms with Crippen molar-refractivity contribution in [3.8, 4) is 6.07 Å². The Hall–Kier alpha value is -1.44. The molecule has 2 fully saturated rings. The number of aromatic nitrogens is 1. The highest BCUT2D eigenvalue weighted by Gasteiger charge is 2.36. The van der Waals surface area contributed by atoms with E-state index in [-0.39, 0.29) is 0 Å². The molecule has 0 aliphatic carbocycles. The number of nitrogens with zero attached hydrogens (tertiary/aromatic N) is 3. The maximum Gasteiger partial charge on any atom is 0.144 e. The maximum absolute atomic E-state index is 9.15. The fourth-order valence-corrected chi connectivity index (χ4v) is 3.73. The highest BCUT2D eigenvalue weighted by atomic mass is 15.1. The quantitative estimate of drug-likeness (QED) is 0.892. The molecule has 1 unspecified atom stereocenters. The minimum atomic E-state index is 0.464. The third-order valence-corrected chi connectivity index (χ3v) is 4.69. The number of hydrogen-bond acceptors (Lipinski definition) is 4. The second-order valence-corrected chi connectivity index (χ2v) is 6.22. The fraction of sp³-hybridized carbons (Fsp3) is 0.625. The van der Waals surface area contributed by atoms with Crippen molar-refractivity contribution in [2.75, 3.05) is 26.2 Å². The molecule has 20 heavy (non-hydrogen) atoms. The van der Waals surface area contributed by atoms with Gasteiger partial charge < -0.3 is 5.32 Å². The van der Waals surface area contributed by atoms with E-state index in [4.69, 9.17) is 5.26 Å². The molecule has 0 saturated carbocycles. The standard InChI is InChI=1S/C16H22N4/c17-10-15-14(4-1-8-19-15)11-20-9-3-6-16(13-20)5-2-7-18-12-16/h1,4,8,18H,2-3,5-7,9,11-13H2. The van der Waals surface area contributed by atoms with Gasteiger partial charge in [-0.15, -0.1) is 0 Å². The third kappa shape index (κ3) is 2.84. The molecule has 106 valence electrons. The minimum absolute atomic E-state index is 0.464. The summed E-state index contributed by atoms with van der Waals surface area (Å²) in [5.74, 6) is 0. The van der Waals surface area contributed by atoms with E-state index >= 15 is 0 Å². The fourth-order valence-electron chi connectivity index (χ4n) is 3.73. The first-order valence-electron chi connectivity index (χ1n) is 7.58. The molecular weight excluding hydrogens is 248 g/mol. The molecule has 2 aliphatic rings.